The van der Waals surface area contributed by atoms with E-state index in [1.807, 2.05) is 7.05 Å². The molecular weight excluding hydrogens is 176 g/mol. The van der Waals surface area contributed by atoms with E-state index in [9.17, 15) is 4.79 Å². The van der Waals surface area contributed by atoms with Gasteiger partial charge in [-0.2, -0.15) is 0 Å². The first-order valence-corrected chi connectivity index (χ1v) is 5.43. The van der Waals surface area contributed by atoms with Gasteiger partial charge in [0, 0.05) is 0 Å². The molecule has 14 heavy (non-hydrogen) atoms. The van der Waals surface area contributed by atoms with Gasteiger partial charge in [-0.15, -0.1) is 0 Å². The Morgan fingerprint density at radius 2 is 1.93 bits per heavy atom. The van der Waals surface area contributed by atoms with Crippen molar-refractivity contribution in [2.75, 3.05) is 7.05 Å². The fraction of sp³-hybridized carbons (Fsp3) is 0.909. The number of nitrogens with one attached hydrogen (secondary N) is 1. The zero-order chi connectivity index (χ0) is 10.8. The lowest BCUT2D eigenvalue weighted by atomic mass is 9.71. The summed E-state index contributed by atoms with van der Waals surface area (Å²) in [5.41, 5.74) is 5.80. The number of rotatable bonds is 3. The van der Waals surface area contributed by atoms with Gasteiger partial charge in [0.25, 0.3) is 0 Å². The Hall–Kier alpha value is -0.570. The van der Waals surface area contributed by atoms with Crippen LogP contribution >= 0.6 is 0 Å². The summed E-state index contributed by atoms with van der Waals surface area (Å²) in [6.45, 7) is 4.59. The summed E-state index contributed by atoms with van der Waals surface area (Å²) in [5.74, 6) is 0.225. The quantitative estimate of drug-likeness (QED) is 0.717. The van der Waals surface area contributed by atoms with Crippen LogP contribution in [0, 0.1) is 11.3 Å². The molecule has 0 bridgehead atoms. The van der Waals surface area contributed by atoms with E-state index in [0.29, 0.717) is 11.3 Å². The van der Waals surface area contributed by atoms with E-state index >= 15 is 0 Å². The Balaban J connectivity index is 2.51. The lowest BCUT2D eigenvalue weighted by Crippen LogP contribution is -2.46. The number of carbonyl (C=O) groups is 1. The fourth-order valence-electron chi connectivity index (χ4n) is 2.37. The average molecular weight is 198 g/mol. The second-order valence-electron chi connectivity index (χ2n) is 5.17. The number of nitrogens with two attached hydrogens (primary N) is 1. The molecule has 1 saturated carbocycles. The molecule has 82 valence electrons. The highest BCUT2D eigenvalue weighted by molar-refractivity contribution is 5.80. The van der Waals surface area contributed by atoms with E-state index in [1.54, 1.807) is 0 Å². The summed E-state index contributed by atoms with van der Waals surface area (Å²) in [7, 11) is 1.81. The molecule has 0 aromatic carbocycles. The molecule has 0 aromatic heterocycles. The van der Waals surface area contributed by atoms with Crippen LogP contribution in [0.25, 0.3) is 0 Å². The normalized spacial score (nSPS) is 24.5. The highest BCUT2D eigenvalue weighted by Crippen LogP contribution is 2.39. The van der Waals surface area contributed by atoms with Crippen molar-refractivity contribution in [2.45, 2.75) is 45.6 Å². The van der Waals surface area contributed by atoms with Crippen molar-refractivity contribution in [2.24, 2.45) is 17.1 Å². The van der Waals surface area contributed by atoms with Crippen LogP contribution in [0.15, 0.2) is 0 Å². The zero-order valence-electron chi connectivity index (χ0n) is 9.47. The molecule has 0 aliphatic heterocycles. The van der Waals surface area contributed by atoms with Gasteiger partial charge < -0.3 is 11.1 Å². The standard InChI is InChI=1S/C11H22N2O/c1-11(2)6-4-8(5-7-11)9(13-3)10(12)14/h8-9,13H,4-7H2,1-3H3,(H2,12,14). The van der Waals surface area contributed by atoms with Gasteiger partial charge in [0.2, 0.25) is 5.91 Å². The first kappa shape index (κ1) is 11.5. The Morgan fingerprint density at radius 3 is 2.29 bits per heavy atom. The summed E-state index contributed by atoms with van der Waals surface area (Å²) < 4.78 is 0. The topological polar surface area (TPSA) is 55.1 Å². The SMILES string of the molecule is CNC(C(N)=O)C1CCC(C)(C)CC1. The van der Waals surface area contributed by atoms with E-state index in [4.69, 9.17) is 5.73 Å². The minimum absolute atomic E-state index is 0.133. The monoisotopic (exact) mass is 198 g/mol. The van der Waals surface area contributed by atoms with E-state index in [1.165, 1.54) is 12.8 Å². The van der Waals surface area contributed by atoms with E-state index in [2.05, 4.69) is 19.2 Å². The predicted molar refractivity (Wildman–Crippen MR) is 57.8 cm³/mol. The lowest BCUT2D eigenvalue weighted by Gasteiger charge is -2.36. The van der Waals surface area contributed by atoms with Gasteiger partial charge in [0.1, 0.15) is 0 Å². The van der Waals surface area contributed by atoms with Crippen LogP contribution in [-0.4, -0.2) is 19.0 Å². The van der Waals surface area contributed by atoms with Gasteiger partial charge in [0.05, 0.1) is 6.04 Å². The van der Waals surface area contributed by atoms with Crippen LogP contribution in [0.4, 0.5) is 0 Å². The molecule has 0 heterocycles. The first-order valence-electron chi connectivity index (χ1n) is 5.43. The largest absolute Gasteiger partial charge is 0.368 e. The molecule has 1 fully saturated rings. The third-order valence-corrected chi connectivity index (χ3v) is 3.47. The van der Waals surface area contributed by atoms with Crippen LogP contribution in [-0.2, 0) is 4.79 Å². The Bertz CT molecular complexity index is 203. The minimum atomic E-state index is -0.211. The van der Waals surface area contributed by atoms with E-state index in [-0.39, 0.29) is 11.9 Å². The van der Waals surface area contributed by atoms with Crippen LogP contribution < -0.4 is 11.1 Å². The van der Waals surface area contributed by atoms with Crippen molar-refractivity contribution < 1.29 is 4.79 Å². The number of primary amides is 1. The molecule has 3 heteroatoms. The van der Waals surface area contributed by atoms with Crippen molar-refractivity contribution in [3.63, 3.8) is 0 Å². The van der Waals surface area contributed by atoms with Gasteiger partial charge in [-0.25, -0.2) is 0 Å². The Kier molecular flexibility index (Phi) is 3.53. The molecule has 1 unspecified atom stereocenters. The average Bonchev–Trinajstić information content (AvgIpc) is 2.08. The first-order chi connectivity index (χ1) is 6.46. The molecule has 1 atom stereocenters. The van der Waals surface area contributed by atoms with Crippen molar-refractivity contribution in [1.82, 2.24) is 5.32 Å². The fourth-order valence-corrected chi connectivity index (χ4v) is 2.37. The van der Waals surface area contributed by atoms with E-state index in [0.717, 1.165) is 12.8 Å². The predicted octanol–water partition coefficient (Wildman–Crippen LogP) is 1.28. The lowest BCUT2D eigenvalue weighted by molar-refractivity contribution is -0.121. The molecule has 1 amide bonds. The number of hydrogen-bond acceptors (Lipinski definition) is 2. The summed E-state index contributed by atoms with van der Waals surface area (Å²) in [5, 5.41) is 3.02. The maximum Gasteiger partial charge on any atom is 0.234 e. The minimum Gasteiger partial charge on any atom is -0.368 e. The molecule has 1 aliphatic rings. The van der Waals surface area contributed by atoms with Gasteiger partial charge in [-0.1, -0.05) is 13.8 Å². The summed E-state index contributed by atoms with van der Waals surface area (Å²) >= 11 is 0. The number of likely N-dealkylation sites (N-methyl/N-ethyl adjacent to an activating group) is 1. The van der Waals surface area contributed by atoms with E-state index < -0.39 is 0 Å². The molecule has 0 aromatic rings. The third-order valence-electron chi connectivity index (χ3n) is 3.47. The molecule has 3 N–H and O–H groups in total. The van der Waals surface area contributed by atoms with Gasteiger partial charge in [0.15, 0.2) is 0 Å². The molecule has 0 saturated heterocycles. The Labute approximate surface area is 86.4 Å². The summed E-state index contributed by atoms with van der Waals surface area (Å²) in [6.07, 6.45) is 4.62. The van der Waals surface area contributed by atoms with Gasteiger partial charge in [-0.3, -0.25) is 4.79 Å². The molecule has 0 spiro atoms. The third kappa shape index (κ3) is 2.71. The highest BCUT2D eigenvalue weighted by Gasteiger charge is 2.32. The van der Waals surface area contributed by atoms with Crippen LogP contribution in [0.3, 0.4) is 0 Å². The molecule has 1 rings (SSSR count). The van der Waals surface area contributed by atoms with Gasteiger partial charge in [-0.05, 0) is 44.1 Å². The second-order valence-corrected chi connectivity index (χ2v) is 5.17. The molecular formula is C11H22N2O. The van der Waals surface area contributed by atoms with Crippen molar-refractivity contribution in [3.05, 3.63) is 0 Å². The van der Waals surface area contributed by atoms with Crippen LogP contribution in [0.2, 0.25) is 0 Å². The smallest absolute Gasteiger partial charge is 0.234 e. The van der Waals surface area contributed by atoms with Crippen LogP contribution in [0.1, 0.15) is 39.5 Å². The summed E-state index contributed by atoms with van der Waals surface area (Å²) in [4.78, 5) is 11.2. The maximum atomic E-state index is 11.2. The van der Waals surface area contributed by atoms with Crippen molar-refractivity contribution in [1.29, 1.82) is 0 Å². The number of hydrogen-bond donors (Lipinski definition) is 2. The van der Waals surface area contributed by atoms with Crippen molar-refractivity contribution >= 4 is 5.91 Å². The molecule has 3 nitrogen and oxygen atoms in total. The number of carbonyl (C=O) groups excluding carboxylic acids is 1. The summed E-state index contributed by atoms with van der Waals surface area (Å²) in [6, 6.07) is -0.133. The Morgan fingerprint density at radius 1 is 1.43 bits per heavy atom. The van der Waals surface area contributed by atoms with Crippen molar-refractivity contribution in [3.8, 4) is 0 Å². The molecule has 1 aliphatic carbocycles. The zero-order valence-corrected chi connectivity index (χ0v) is 9.47. The highest BCUT2D eigenvalue weighted by atomic mass is 16.1. The maximum absolute atomic E-state index is 11.2. The van der Waals surface area contributed by atoms with Crippen LogP contribution in [0.5, 0.6) is 0 Å². The van der Waals surface area contributed by atoms with Gasteiger partial charge >= 0.3 is 0 Å². The second kappa shape index (κ2) is 4.30. The number of amides is 1. The molecule has 0 radical (unpaired) electrons.